The lowest BCUT2D eigenvalue weighted by atomic mass is 9.86. The Balaban J connectivity index is 2.03. The summed E-state index contributed by atoms with van der Waals surface area (Å²) in [5.74, 6) is 1.86. The first-order valence-electron chi connectivity index (χ1n) is 5.45. The molecule has 0 radical (unpaired) electrons. The number of carbonyl (C=O) groups excluding carboxylic acids is 1. The molecule has 2 unspecified atom stereocenters. The Bertz CT molecular complexity index is 526. The number of oxazole rings is 1. The monoisotopic (exact) mass is 201 g/mol. The van der Waals surface area contributed by atoms with E-state index in [-0.39, 0.29) is 11.2 Å². The summed E-state index contributed by atoms with van der Waals surface area (Å²) < 4.78 is 5.41. The maximum Gasteiger partial charge on any atom is 0.223 e. The van der Waals surface area contributed by atoms with Gasteiger partial charge >= 0.3 is 0 Å². The Morgan fingerprint density at radius 3 is 3.27 bits per heavy atom. The molecule has 15 heavy (non-hydrogen) atoms. The Kier molecular flexibility index (Phi) is 1.09. The Labute approximate surface area is 87.2 Å². The van der Waals surface area contributed by atoms with Crippen LogP contribution in [0.4, 0.5) is 0 Å². The van der Waals surface area contributed by atoms with Crippen LogP contribution in [0, 0.1) is 12.8 Å². The molecule has 4 rings (SSSR count). The predicted molar refractivity (Wildman–Crippen MR) is 52.7 cm³/mol. The number of nitrogens with zero attached hydrogens (tertiary/aromatic N) is 1. The van der Waals surface area contributed by atoms with Crippen molar-refractivity contribution < 1.29 is 9.21 Å². The fourth-order valence-corrected chi connectivity index (χ4v) is 3.39. The van der Waals surface area contributed by atoms with Crippen LogP contribution < -0.4 is 0 Å². The highest BCUT2D eigenvalue weighted by Crippen LogP contribution is 2.68. The minimum Gasteiger partial charge on any atom is -0.437 e. The van der Waals surface area contributed by atoms with Crippen molar-refractivity contribution >= 4 is 5.78 Å². The van der Waals surface area contributed by atoms with Crippen LogP contribution in [0.15, 0.2) is 16.1 Å². The molecule has 76 valence electrons. The minimum absolute atomic E-state index is 0.0128. The van der Waals surface area contributed by atoms with E-state index in [1.165, 1.54) is 18.4 Å². The molecule has 3 heteroatoms. The van der Waals surface area contributed by atoms with Gasteiger partial charge in [-0.25, -0.2) is 4.98 Å². The lowest BCUT2D eigenvalue weighted by molar-refractivity contribution is 0.101. The predicted octanol–water partition coefficient (Wildman–Crippen LogP) is 2.16. The largest absolute Gasteiger partial charge is 0.437 e. The number of ketones is 1. The molecule has 3 aliphatic rings. The standard InChI is InChI=1S/C12H11NO2/c1-6-13-11-10(15-6)9(14)4-7-2-3-8-5-12(7,8)11/h4,8H,2-3,5H2,1H3. The van der Waals surface area contributed by atoms with Crippen LogP contribution in [-0.2, 0) is 5.41 Å². The van der Waals surface area contributed by atoms with E-state index in [2.05, 4.69) is 4.98 Å². The van der Waals surface area contributed by atoms with Gasteiger partial charge < -0.3 is 4.42 Å². The van der Waals surface area contributed by atoms with Crippen LogP contribution in [0.25, 0.3) is 0 Å². The van der Waals surface area contributed by atoms with Crippen molar-refractivity contribution in [2.24, 2.45) is 5.92 Å². The maximum absolute atomic E-state index is 11.8. The fourth-order valence-electron chi connectivity index (χ4n) is 3.39. The van der Waals surface area contributed by atoms with Gasteiger partial charge in [0, 0.05) is 12.3 Å². The third kappa shape index (κ3) is 0.715. The second kappa shape index (κ2) is 2.08. The topological polar surface area (TPSA) is 43.1 Å². The maximum atomic E-state index is 11.8. The summed E-state index contributed by atoms with van der Waals surface area (Å²) in [4.78, 5) is 16.2. The van der Waals surface area contributed by atoms with Gasteiger partial charge in [0.1, 0.15) is 5.69 Å². The number of carbonyl (C=O) groups is 1. The van der Waals surface area contributed by atoms with Crippen LogP contribution >= 0.6 is 0 Å². The SMILES string of the molecule is Cc1nc2c(o1)C(=O)C=C1CCC3CC123. The lowest BCUT2D eigenvalue weighted by Gasteiger charge is -2.17. The average Bonchev–Trinajstić information content (AvgIpc) is 2.59. The molecule has 1 aromatic heterocycles. The zero-order valence-corrected chi connectivity index (χ0v) is 8.54. The van der Waals surface area contributed by atoms with Crippen LogP contribution in [-0.4, -0.2) is 10.8 Å². The van der Waals surface area contributed by atoms with Crippen LogP contribution in [0.3, 0.4) is 0 Å². The van der Waals surface area contributed by atoms with Gasteiger partial charge in [0.25, 0.3) is 0 Å². The van der Waals surface area contributed by atoms with E-state index in [0.717, 1.165) is 18.0 Å². The van der Waals surface area contributed by atoms with E-state index in [1.807, 2.05) is 6.92 Å². The van der Waals surface area contributed by atoms with E-state index in [9.17, 15) is 4.79 Å². The molecule has 2 atom stereocenters. The molecule has 3 aliphatic carbocycles. The molecule has 2 saturated carbocycles. The van der Waals surface area contributed by atoms with Gasteiger partial charge in [0.15, 0.2) is 11.7 Å². The molecule has 0 aliphatic heterocycles. The van der Waals surface area contributed by atoms with Crippen molar-refractivity contribution in [2.45, 2.75) is 31.6 Å². The number of hydrogen-bond acceptors (Lipinski definition) is 3. The van der Waals surface area contributed by atoms with E-state index >= 15 is 0 Å². The summed E-state index contributed by atoms with van der Waals surface area (Å²) in [6.45, 7) is 1.81. The van der Waals surface area contributed by atoms with E-state index < -0.39 is 0 Å². The molecule has 0 amide bonds. The summed E-state index contributed by atoms with van der Waals surface area (Å²) in [5.41, 5.74) is 2.37. The third-order valence-electron chi connectivity index (χ3n) is 4.13. The molecule has 1 spiro atoms. The fraction of sp³-hybridized carbons (Fsp3) is 0.500. The molecule has 1 heterocycles. The first-order valence-corrected chi connectivity index (χ1v) is 5.45. The molecular formula is C12H11NO2. The third-order valence-corrected chi connectivity index (χ3v) is 4.13. The highest BCUT2D eigenvalue weighted by atomic mass is 16.4. The first-order chi connectivity index (χ1) is 7.22. The summed E-state index contributed by atoms with van der Waals surface area (Å²) in [5, 5.41) is 0. The average molecular weight is 201 g/mol. The molecule has 3 nitrogen and oxygen atoms in total. The molecule has 1 aromatic rings. The van der Waals surface area contributed by atoms with Gasteiger partial charge in [-0.2, -0.15) is 0 Å². The highest BCUT2D eigenvalue weighted by molar-refractivity contribution is 6.06. The molecule has 0 aromatic carbocycles. The van der Waals surface area contributed by atoms with Crippen LogP contribution in [0.1, 0.15) is 41.4 Å². The summed E-state index contributed by atoms with van der Waals surface area (Å²) in [7, 11) is 0. The number of rotatable bonds is 0. The molecular weight excluding hydrogens is 190 g/mol. The van der Waals surface area contributed by atoms with Crippen molar-refractivity contribution in [1.82, 2.24) is 4.98 Å². The zero-order chi connectivity index (χ0) is 10.2. The van der Waals surface area contributed by atoms with E-state index in [4.69, 9.17) is 4.42 Å². The normalized spacial score (nSPS) is 35.7. The van der Waals surface area contributed by atoms with Crippen molar-refractivity contribution in [1.29, 1.82) is 0 Å². The van der Waals surface area contributed by atoms with Crippen LogP contribution in [0.5, 0.6) is 0 Å². The molecule has 0 N–H and O–H groups in total. The summed E-state index contributed by atoms with van der Waals surface area (Å²) >= 11 is 0. The Morgan fingerprint density at radius 1 is 1.60 bits per heavy atom. The van der Waals surface area contributed by atoms with Crippen molar-refractivity contribution in [2.75, 3.05) is 0 Å². The van der Waals surface area contributed by atoms with Crippen molar-refractivity contribution in [3.63, 3.8) is 0 Å². The van der Waals surface area contributed by atoms with Gasteiger partial charge in [0.05, 0.1) is 0 Å². The number of aromatic nitrogens is 1. The second-order valence-corrected chi connectivity index (χ2v) is 4.86. The smallest absolute Gasteiger partial charge is 0.223 e. The molecule has 0 bridgehead atoms. The number of allylic oxidation sites excluding steroid dienone is 2. The van der Waals surface area contributed by atoms with Gasteiger partial charge in [0.2, 0.25) is 5.78 Å². The lowest BCUT2D eigenvalue weighted by Crippen LogP contribution is -2.19. The van der Waals surface area contributed by atoms with E-state index in [1.54, 1.807) is 6.08 Å². The minimum atomic E-state index is 0.0128. The summed E-state index contributed by atoms with van der Waals surface area (Å²) in [6.07, 6.45) is 5.25. The van der Waals surface area contributed by atoms with Crippen LogP contribution in [0.2, 0.25) is 0 Å². The number of aryl methyl sites for hydroxylation is 1. The highest BCUT2D eigenvalue weighted by Gasteiger charge is 2.65. The Hall–Kier alpha value is -1.38. The van der Waals surface area contributed by atoms with Gasteiger partial charge in [-0.1, -0.05) is 5.57 Å². The molecule has 0 saturated heterocycles. The number of hydrogen-bond donors (Lipinski definition) is 0. The quantitative estimate of drug-likeness (QED) is 0.646. The second-order valence-electron chi connectivity index (χ2n) is 4.86. The van der Waals surface area contributed by atoms with Gasteiger partial charge in [-0.3, -0.25) is 4.79 Å². The summed E-state index contributed by atoms with van der Waals surface area (Å²) in [6, 6.07) is 0. The number of fused-ring (bicyclic) bond motifs is 1. The Morgan fingerprint density at radius 2 is 2.47 bits per heavy atom. The van der Waals surface area contributed by atoms with Crippen molar-refractivity contribution in [3.05, 3.63) is 29.0 Å². The van der Waals surface area contributed by atoms with E-state index in [0.29, 0.717) is 11.7 Å². The van der Waals surface area contributed by atoms with Gasteiger partial charge in [-0.15, -0.1) is 0 Å². The molecule has 2 fully saturated rings. The van der Waals surface area contributed by atoms with Crippen molar-refractivity contribution in [3.8, 4) is 0 Å². The first kappa shape index (κ1) is 7.85. The zero-order valence-electron chi connectivity index (χ0n) is 8.54. The van der Waals surface area contributed by atoms with Gasteiger partial charge in [-0.05, 0) is 31.3 Å².